The molecule has 0 spiro atoms. The van der Waals surface area contributed by atoms with Gasteiger partial charge in [0.1, 0.15) is 5.00 Å². The van der Waals surface area contributed by atoms with Crippen LogP contribution in [-0.4, -0.2) is 25.6 Å². The standard InChI is InChI=1S/C19H19Cl2NO4S/c1-3-26-19(24)15-11-6-4-5-7-14(11)27-18(15)22-17(23)10-8-12(20)16(25-2)13(21)9-10/h8-9H,3-7H2,1-2H3,(H,22,23). The third-order valence-corrected chi connectivity index (χ3v) is 6.11. The van der Waals surface area contributed by atoms with E-state index in [1.807, 2.05) is 0 Å². The number of fused-ring (bicyclic) bond motifs is 1. The molecule has 0 atom stereocenters. The Balaban J connectivity index is 1.94. The van der Waals surface area contributed by atoms with Gasteiger partial charge in [-0.1, -0.05) is 23.2 Å². The molecular formula is C19H19Cl2NO4S. The lowest BCUT2D eigenvalue weighted by Crippen LogP contribution is -2.16. The summed E-state index contributed by atoms with van der Waals surface area (Å²) >= 11 is 13.7. The monoisotopic (exact) mass is 427 g/mol. The number of rotatable bonds is 5. The summed E-state index contributed by atoms with van der Waals surface area (Å²) in [5.41, 5.74) is 1.74. The van der Waals surface area contributed by atoms with Crippen LogP contribution in [0.25, 0.3) is 0 Å². The Morgan fingerprint density at radius 2 is 1.85 bits per heavy atom. The molecule has 1 aliphatic rings. The van der Waals surface area contributed by atoms with Crippen LogP contribution >= 0.6 is 34.5 Å². The molecule has 0 unspecified atom stereocenters. The van der Waals surface area contributed by atoms with Gasteiger partial charge >= 0.3 is 5.97 Å². The van der Waals surface area contributed by atoms with Crippen molar-refractivity contribution in [1.82, 2.24) is 0 Å². The fourth-order valence-electron chi connectivity index (χ4n) is 3.13. The first-order valence-corrected chi connectivity index (χ1v) is 10.2. The van der Waals surface area contributed by atoms with E-state index in [1.54, 1.807) is 6.92 Å². The molecule has 1 aromatic heterocycles. The molecule has 0 fully saturated rings. The van der Waals surface area contributed by atoms with Crippen LogP contribution in [0.4, 0.5) is 5.00 Å². The van der Waals surface area contributed by atoms with E-state index in [-0.39, 0.29) is 22.2 Å². The van der Waals surface area contributed by atoms with Crippen molar-refractivity contribution < 1.29 is 19.1 Å². The SMILES string of the molecule is CCOC(=O)c1c(NC(=O)c2cc(Cl)c(OC)c(Cl)c2)sc2c1CCCC2. The van der Waals surface area contributed by atoms with Crippen molar-refractivity contribution in [2.75, 3.05) is 19.0 Å². The van der Waals surface area contributed by atoms with Crippen molar-refractivity contribution in [3.05, 3.63) is 43.7 Å². The van der Waals surface area contributed by atoms with Crippen LogP contribution in [-0.2, 0) is 17.6 Å². The molecule has 1 aliphatic carbocycles. The molecule has 2 aromatic rings. The number of hydrogen-bond acceptors (Lipinski definition) is 5. The average Bonchev–Trinajstić information content (AvgIpc) is 2.99. The number of halogens is 2. The van der Waals surface area contributed by atoms with Gasteiger partial charge in [0.25, 0.3) is 5.91 Å². The Bertz CT molecular complexity index is 871. The lowest BCUT2D eigenvalue weighted by atomic mass is 9.95. The van der Waals surface area contributed by atoms with Gasteiger partial charge in [-0.25, -0.2) is 4.79 Å². The minimum absolute atomic E-state index is 0.242. The fraction of sp³-hybridized carbons (Fsp3) is 0.368. The zero-order chi connectivity index (χ0) is 19.6. The highest BCUT2D eigenvalue weighted by molar-refractivity contribution is 7.17. The molecule has 144 valence electrons. The topological polar surface area (TPSA) is 64.6 Å². The average molecular weight is 428 g/mol. The number of amides is 1. The molecule has 5 nitrogen and oxygen atoms in total. The molecule has 0 saturated carbocycles. The van der Waals surface area contributed by atoms with E-state index in [0.717, 1.165) is 36.1 Å². The highest BCUT2D eigenvalue weighted by atomic mass is 35.5. The van der Waals surface area contributed by atoms with Crippen LogP contribution in [0.5, 0.6) is 5.75 Å². The molecule has 1 amide bonds. The number of nitrogens with one attached hydrogen (secondary N) is 1. The number of carbonyl (C=O) groups is 2. The predicted molar refractivity (Wildman–Crippen MR) is 108 cm³/mol. The Labute approximate surface area is 171 Å². The van der Waals surface area contributed by atoms with Gasteiger partial charge in [-0.05, 0) is 50.3 Å². The van der Waals surface area contributed by atoms with Crippen molar-refractivity contribution in [3.8, 4) is 5.75 Å². The molecule has 8 heteroatoms. The second-order valence-corrected chi connectivity index (χ2v) is 7.98. The van der Waals surface area contributed by atoms with Crippen LogP contribution in [0.15, 0.2) is 12.1 Å². The number of thiophene rings is 1. The molecule has 0 aliphatic heterocycles. The smallest absolute Gasteiger partial charge is 0.341 e. The van der Waals surface area contributed by atoms with Crippen molar-refractivity contribution in [3.63, 3.8) is 0 Å². The van der Waals surface area contributed by atoms with Gasteiger partial charge in [-0.3, -0.25) is 4.79 Å². The molecule has 3 rings (SSSR count). The largest absolute Gasteiger partial charge is 0.494 e. The van der Waals surface area contributed by atoms with Gasteiger partial charge in [0, 0.05) is 10.4 Å². The molecule has 1 aromatic carbocycles. The Morgan fingerprint density at radius 3 is 2.48 bits per heavy atom. The van der Waals surface area contributed by atoms with Gasteiger partial charge in [0.05, 0.1) is 29.3 Å². The Hall–Kier alpha value is -1.76. The minimum atomic E-state index is -0.405. The normalized spacial score (nSPS) is 13.0. The summed E-state index contributed by atoms with van der Waals surface area (Å²) in [5.74, 6) is -0.489. The van der Waals surface area contributed by atoms with Crippen molar-refractivity contribution >= 4 is 51.4 Å². The number of hydrogen-bond donors (Lipinski definition) is 1. The maximum atomic E-state index is 12.7. The van der Waals surface area contributed by atoms with E-state index in [1.165, 1.54) is 30.6 Å². The maximum Gasteiger partial charge on any atom is 0.341 e. The van der Waals surface area contributed by atoms with E-state index >= 15 is 0 Å². The molecule has 27 heavy (non-hydrogen) atoms. The van der Waals surface area contributed by atoms with E-state index in [0.29, 0.717) is 16.3 Å². The van der Waals surface area contributed by atoms with Crippen LogP contribution in [0.3, 0.4) is 0 Å². The summed E-state index contributed by atoms with van der Waals surface area (Å²) in [7, 11) is 1.45. The summed E-state index contributed by atoms with van der Waals surface area (Å²) in [5, 5.41) is 3.83. The fourth-order valence-corrected chi connectivity index (χ4v) is 5.05. The third kappa shape index (κ3) is 4.08. The van der Waals surface area contributed by atoms with Gasteiger partial charge in [0.15, 0.2) is 5.75 Å². The minimum Gasteiger partial charge on any atom is -0.494 e. The summed E-state index contributed by atoms with van der Waals surface area (Å²) in [4.78, 5) is 26.4. The number of carbonyl (C=O) groups excluding carboxylic acids is 2. The number of ether oxygens (including phenoxy) is 2. The molecule has 0 saturated heterocycles. The van der Waals surface area contributed by atoms with Gasteiger partial charge < -0.3 is 14.8 Å². The first kappa shape index (κ1) is 20.0. The van der Waals surface area contributed by atoms with E-state index < -0.39 is 11.9 Å². The number of benzene rings is 1. The molecule has 0 radical (unpaired) electrons. The van der Waals surface area contributed by atoms with Gasteiger partial charge in [-0.2, -0.15) is 0 Å². The first-order chi connectivity index (χ1) is 13.0. The number of methoxy groups -OCH3 is 1. The molecular weight excluding hydrogens is 409 g/mol. The predicted octanol–water partition coefficient (Wildman–Crippen LogP) is 5.37. The van der Waals surface area contributed by atoms with Crippen LogP contribution < -0.4 is 10.1 Å². The highest BCUT2D eigenvalue weighted by Crippen LogP contribution is 2.39. The summed E-state index contributed by atoms with van der Waals surface area (Å²) in [6.07, 6.45) is 3.82. The maximum absolute atomic E-state index is 12.7. The van der Waals surface area contributed by atoms with E-state index in [2.05, 4.69) is 5.32 Å². The summed E-state index contributed by atoms with van der Waals surface area (Å²) in [6.45, 7) is 2.04. The van der Waals surface area contributed by atoms with E-state index in [4.69, 9.17) is 32.7 Å². The molecule has 1 N–H and O–H groups in total. The second-order valence-electron chi connectivity index (χ2n) is 6.06. The third-order valence-electron chi connectivity index (χ3n) is 4.34. The summed E-state index contributed by atoms with van der Waals surface area (Å²) < 4.78 is 10.3. The van der Waals surface area contributed by atoms with Gasteiger partial charge in [0.2, 0.25) is 0 Å². The number of anilines is 1. The van der Waals surface area contributed by atoms with Crippen LogP contribution in [0.1, 0.15) is 50.9 Å². The second kappa shape index (κ2) is 8.50. The lowest BCUT2D eigenvalue weighted by Gasteiger charge is -2.12. The van der Waals surface area contributed by atoms with Crippen LogP contribution in [0, 0.1) is 0 Å². The zero-order valence-electron chi connectivity index (χ0n) is 15.0. The van der Waals surface area contributed by atoms with Gasteiger partial charge in [-0.15, -0.1) is 11.3 Å². The van der Waals surface area contributed by atoms with Crippen LogP contribution in [0.2, 0.25) is 10.0 Å². The highest BCUT2D eigenvalue weighted by Gasteiger charge is 2.27. The number of esters is 1. The van der Waals surface area contributed by atoms with E-state index in [9.17, 15) is 9.59 Å². The zero-order valence-corrected chi connectivity index (χ0v) is 17.3. The van der Waals surface area contributed by atoms with Crippen molar-refractivity contribution in [2.45, 2.75) is 32.6 Å². The quantitative estimate of drug-likeness (QED) is 0.651. The first-order valence-electron chi connectivity index (χ1n) is 8.62. The Kier molecular flexibility index (Phi) is 6.29. The summed E-state index contributed by atoms with van der Waals surface area (Å²) in [6, 6.07) is 2.97. The lowest BCUT2D eigenvalue weighted by molar-refractivity contribution is 0.0526. The van der Waals surface area contributed by atoms with Crippen molar-refractivity contribution in [2.24, 2.45) is 0 Å². The molecule has 0 bridgehead atoms. The van der Waals surface area contributed by atoms with Crippen molar-refractivity contribution in [1.29, 1.82) is 0 Å². The number of aryl methyl sites for hydroxylation is 1. The molecule has 1 heterocycles. The Morgan fingerprint density at radius 1 is 1.19 bits per heavy atom.